The van der Waals surface area contributed by atoms with Gasteiger partial charge in [-0.25, -0.2) is 0 Å². The van der Waals surface area contributed by atoms with Gasteiger partial charge < -0.3 is 24.3 Å². The van der Waals surface area contributed by atoms with E-state index in [1.807, 2.05) is 48.5 Å². The van der Waals surface area contributed by atoms with Crippen LogP contribution in [0.3, 0.4) is 0 Å². The van der Waals surface area contributed by atoms with E-state index in [2.05, 4.69) is 11.4 Å². The van der Waals surface area contributed by atoms with Crippen molar-refractivity contribution in [3.05, 3.63) is 65.7 Å². The smallest absolute Gasteiger partial charge is 0.306 e. The first-order valence-electron chi connectivity index (χ1n) is 14.4. The minimum absolute atomic E-state index is 0.00904. The summed E-state index contributed by atoms with van der Waals surface area (Å²) < 4.78 is 22.0. The summed E-state index contributed by atoms with van der Waals surface area (Å²) in [5, 5.41) is 5.42. The molecule has 5 aliphatic rings. The van der Waals surface area contributed by atoms with Gasteiger partial charge in [0, 0.05) is 11.5 Å². The molecule has 3 aromatic rings. The molecule has 4 fully saturated rings. The molecular weight excluding hydrogens is 506 g/mol. The Morgan fingerprint density at radius 2 is 1.55 bits per heavy atom. The van der Waals surface area contributed by atoms with Gasteiger partial charge >= 0.3 is 5.97 Å². The van der Waals surface area contributed by atoms with E-state index in [-0.39, 0.29) is 43.2 Å². The summed E-state index contributed by atoms with van der Waals surface area (Å²) in [6, 6.07) is 17.8. The predicted octanol–water partition coefficient (Wildman–Crippen LogP) is 5.73. The van der Waals surface area contributed by atoms with Crippen molar-refractivity contribution in [2.75, 3.05) is 20.5 Å². The quantitative estimate of drug-likeness (QED) is 0.367. The molecule has 0 aromatic heterocycles. The van der Waals surface area contributed by atoms with Crippen LogP contribution in [0.1, 0.15) is 62.0 Å². The number of methoxy groups -OCH3 is 1. The number of hydrogen-bond acceptors (Lipinski definition) is 6. The fourth-order valence-electron chi connectivity index (χ4n) is 8.10. The highest BCUT2D eigenvalue weighted by atomic mass is 16.7. The summed E-state index contributed by atoms with van der Waals surface area (Å²) in [5.41, 5.74) is 1.91. The van der Waals surface area contributed by atoms with Crippen LogP contribution in [0.25, 0.3) is 10.8 Å². The van der Waals surface area contributed by atoms with Crippen molar-refractivity contribution in [2.24, 2.45) is 17.8 Å². The van der Waals surface area contributed by atoms with Gasteiger partial charge in [-0.1, -0.05) is 30.3 Å². The molecule has 1 atom stereocenters. The van der Waals surface area contributed by atoms with E-state index in [4.69, 9.17) is 18.9 Å². The molecule has 7 nitrogen and oxygen atoms in total. The van der Waals surface area contributed by atoms with Crippen LogP contribution in [0, 0.1) is 17.8 Å². The number of benzene rings is 3. The fourth-order valence-corrected chi connectivity index (χ4v) is 8.10. The molecule has 0 spiro atoms. The second-order valence-corrected chi connectivity index (χ2v) is 12.2. The lowest BCUT2D eigenvalue weighted by Gasteiger charge is -2.56. The van der Waals surface area contributed by atoms with Crippen LogP contribution in [0.15, 0.2) is 54.6 Å². The zero-order chi connectivity index (χ0) is 27.3. The third kappa shape index (κ3) is 4.87. The molecule has 1 amide bonds. The minimum Gasteiger partial charge on any atom is -0.484 e. The van der Waals surface area contributed by atoms with Gasteiger partial charge in [0.1, 0.15) is 5.75 Å². The zero-order valence-electron chi connectivity index (χ0n) is 22.8. The first kappa shape index (κ1) is 25.2. The average Bonchev–Trinajstić information content (AvgIpc) is 3.41. The topological polar surface area (TPSA) is 83.1 Å². The molecule has 4 aliphatic carbocycles. The SMILES string of the molecule is COC(=O)CC(c1ccc2c(c1)OCO2)c1ccc2ccc(OCC(=O)NC34CC5CC(CC(C5)C3)C4)cc2c1. The molecule has 1 unspecified atom stereocenters. The molecule has 1 N–H and O–H groups in total. The number of rotatable bonds is 8. The summed E-state index contributed by atoms with van der Waals surface area (Å²) >= 11 is 0. The maximum Gasteiger partial charge on any atom is 0.306 e. The van der Waals surface area contributed by atoms with Crippen molar-refractivity contribution >= 4 is 22.6 Å². The predicted molar refractivity (Wildman–Crippen MR) is 150 cm³/mol. The summed E-state index contributed by atoms with van der Waals surface area (Å²) in [6.07, 6.45) is 7.61. The molecule has 1 aliphatic heterocycles. The van der Waals surface area contributed by atoms with Gasteiger partial charge in [-0.15, -0.1) is 0 Å². The van der Waals surface area contributed by atoms with E-state index in [0.717, 1.165) is 58.9 Å². The molecule has 0 radical (unpaired) electrons. The highest BCUT2D eigenvalue weighted by Gasteiger charge is 2.51. The molecule has 7 heteroatoms. The molecule has 1 heterocycles. The van der Waals surface area contributed by atoms with Gasteiger partial charge in [0.05, 0.1) is 13.5 Å². The van der Waals surface area contributed by atoms with Crippen molar-refractivity contribution in [3.8, 4) is 17.2 Å². The van der Waals surface area contributed by atoms with Crippen LogP contribution in [0.2, 0.25) is 0 Å². The van der Waals surface area contributed by atoms with Crippen LogP contribution in [0.5, 0.6) is 17.2 Å². The Balaban J connectivity index is 1.08. The maximum absolute atomic E-state index is 13.0. The molecule has 8 rings (SSSR count). The van der Waals surface area contributed by atoms with Crippen LogP contribution in [-0.4, -0.2) is 37.9 Å². The molecule has 0 saturated heterocycles. The monoisotopic (exact) mass is 541 g/mol. The number of ether oxygens (including phenoxy) is 4. The first-order chi connectivity index (χ1) is 19.4. The Morgan fingerprint density at radius 3 is 2.30 bits per heavy atom. The molecule has 4 saturated carbocycles. The fraction of sp³-hybridized carbons (Fsp3) is 0.455. The minimum atomic E-state index is -0.287. The van der Waals surface area contributed by atoms with E-state index < -0.39 is 0 Å². The van der Waals surface area contributed by atoms with Gasteiger partial charge in [-0.3, -0.25) is 9.59 Å². The van der Waals surface area contributed by atoms with Gasteiger partial charge in [0.25, 0.3) is 5.91 Å². The number of hydrogen-bond donors (Lipinski definition) is 1. The molecule has 40 heavy (non-hydrogen) atoms. The Kier molecular flexibility index (Phi) is 6.32. The summed E-state index contributed by atoms with van der Waals surface area (Å²) in [5.74, 6) is 3.83. The summed E-state index contributed by atoms with van der Waals surface area (Å²) in [4.78, 5) is 25.3. The molecule has 4 bridgehead atoms. The number of fused-ring (bicyclic) bond motifs is 2. The van der Waals surface area contributed by atoms with Crippen molar-refractivity contribution in [3.63, 3.8) is 0 Å². The summed E-state index contributed by atoms with van der Waals surface area (Å²) in [7, 11) is 1.41. The number of carbonyl (C=O) groups is 2. The third-order valence-corrected chi connectivity index (χ3v) is 9.45. The Labute approximate surface area is 234 Å². The normalized spacial score (nSPS) is 26.5. The van der Waals surface area contributed by atoms with Crippen LogP contribution >= 0.6 is 0 Å². The van der Waals surface area contributed by atoms with Gasteiger partial charge in [0.15, 0.2) is 18.1 Å². The second-order valence-electron chi connectivity index (χ2n) is 12.2. The van der Waals surface area contributed by atoms with Crippen LogP contribution in [-0.2, 0) is 14.3 Å². The Morgan fingerprint density at radius 1 is 0.875 bits per heavy atom. The van der Waals surface area contributed by atoms with Gasteiger partial charge in [0.2, 0.25) is 6.79 Å². The second kappa shape index (κ2) is 10.0. The molecular formula is C33H35NO6. The highest BCUT2D eigenvalue weighted by Crippen LogP contribution is 2.55. The van der Waals surface area contributed by atoms with Crippen molar-refractivity contribution < 1.29 is 28.5 Å². The maximum atomic E-state index is 13.0. The number of nitrogens with one attached hydrogen (secondary N) is 1. The lowest BCUT2D eigenvalue weighted by Crippen LogP contribution is -2.60. The van der Waals surface area contributed by atoms with E-state index >= 15 is 0 Å². The highest BCUT2D eigenvalue weighted by molar-refractivity contribution is 5.85. The number of carbonyl (C=O) groups excluding carboxylic acids is 2. The Hall–Kier alpha value is -3.74. The van der Waals surface area contributed by atoms with Crippen molar-refractivity contribution in [2.45, 2.75) is 56.4 Å². The van der Waals surface area contributed by atoms with E-state index in [1.165, 1.54) is 26.4 Å². The number of amides is 1. The Bertz CT molecular complexity index is 1430. The van der Waals surface area contributed by atoms with Crippen LogP contribution in [0.4, 0.5) is 0 Å². The van der Waals surface area contributed by atoms with Crippen molar-refractivity contribution in [1.82, 2.24) is 5.32 Å². The lowest BCUT2D eigenvalue weighted by molar-refractivity contribution is -0.140. The lowest BCUT2D eigenvalue weighted by atomic mass is 9.53. The van der Waals surface area contributed by atoms with E-state index in [0.29, 0.717) is 17.2 Å². The molecule has 208 valence electrons. The van der Waals surface area contributed by atoms with E-state index in [1.54, 1.807) is 0 Å². The van der Waals surface area contributed by atoms with Crippen LogP contribution < -0.4 is 19.5 Å². The largest absolute Gasteiger partial charge is 0.484 e. The number of esters is 1. The average molecular weight is 542 g/mol. The third-order valence-electron chi connectivity index (χ3n) is 9.45. The van der Waals surface area contributed by atoms with Crippen molar-refractivity contribution in [1.29, 1.82) is 0 Å². The standard InChI is InChI=1S/C33H35NO6/c1-37-32(36)14-28(25-5-7-29-30(13-25)40-19-39-29)24-3-2-23-4-6-27(12-26(23)11-24)38-18-31(35)34-33-15-20-8-21(16-33)10-22(9-20)17-33/h2-7,11-13,20-22,28H,8-10,14-19H2,1H3,(H,34,35). The summed E-state index contributed by atoms with van der Waals surface area (Å²) in [6.45, 7) is 0.203. The van der Waals surface area contributed by atoms with E-state index in [9.17, 15) is 9.59 Å². The van der Waals surface area contributed by atoms with Gasteiger partial charge in [-0.05, 0) is 102 Å². The molecule has 3 aromatic carbocycles. The van der Waals surface area contributed by atoms with Gasteiger partial charge in [-0.2, -0.15) is 0 Å². The zero-order valence-corrected chi connectivity index (χ0v) is 22.8. The first-order valence-corrected chi connectivity index (χ1v) is 14.4.